The minimum atomic E-state index is -0.763. The highest BCUT2D eigenvalue weighted by molar-refractivity contribution is 5.75. The Morgan fingerprint density at radius 1 is 1.23 bits per heavy atom. The van der Waals surface area contributed by atoms with E-state index in [1.54, 1.807) is 0 Å². The molecule has 144 valence electrons. The molecule has 1 saturated heterocycles. The monoisotopic (exact) mass is 363 g/mol. The molecule has 5 N–H and O–H groups in total. The fourth-order valence-electron chi connectivity index (χ4n) is 3.25. The number of nitrogens with two attached hydrogens (primary N) is 2. The standard InChI is InChI=1S/C19H29N3O4/c1-19(2,26-18(21)24)8-5-13-3-4-16(25-12-17(20)23)15(11-13)14-6-9-22-10-7-14/h3-4,11,14,22H,5-10,12H2,1-2H3,(H2,20,23)(H2,21,24). The highest BCUT2D eigenvalue weighted by atomic mass is 16.6. The Morgan fingerprint density at radius 2 is 1.92 bits per heavy atom. The zero-order valence-electron chi connectivity index (χ0n) is 15.5. The highest BCUT2D eigenvalue weighted by Crippen LogP contribution is 2.34. The van der Waals surface area contributed by atoms with Crippen LogP contribution in [0.15, 0.2) is 18.2 Å². The second kappa shape index (κ2) is 8.89. The molecule has 1 aliphatic heterocycles. The van der Waals surface area contributed by atoms with Crippen LogP contribution in [0.4, 0.5) is 4.79 Å². The Kier molecular flexibility index (Phi) is 6.85. The van der Waals surface area contributed by atoms with E-state index in [-0.39, 0.29) is 6.61 Å². The Morgan fingerprint density at radius 3 is 2.54 bits per heavy atom. The summed E-state index contributed by atoms with van der Waals surface area (Å²) in [5, 5.41) is 3.36. The molecule has 0 radical (unpaired) electrons. The van der Waals surface area contributed by atoms with Crippen molar-refractivity contribution in [1.29, 1.82) is 0 Å². The number of piperidine rings is 1. The van der Waals surface area contributed by atoms with Crippen LogP contribution >= 0.6 is 0 Å². The Hall–Kier alpha value is -2.28. The number of aryl methyl sites for hydroxylation is 1. The van der Waals surface area contributed by atoms with Crippen molar-refractivity contribution in [3.63, 3.8) is 0 Å². The van der Waals surface area contributed by atoms with Gasteiger partial charge < -0.3 is 26.3 Å². The smallest absolute Gasteiger partial charge is 0.405 e. The van der Waals surface area contributed by atoms with Crippen LogP contribution in [-0.4, -0.2) is 37.3 Å². The molecule has 0 spiro atoms. The van der Waals surface area contributed by atoms with Gasteiger partial charge >= 0.3 is 6.09 Å². The van der Waals surface area contributed by atoms with Gasteiger partial charge in [0.1, 0.15) is 11.4 Å². The first-order valence-corrected chi connectivity index (χ1v) is 9.00. The lowest BCUT2D eigenvalue weighted by Crippen LogP contribution is -2.31. The van der Waals surface area contributed by atoms with E-state index < -0.39 is 17.6 Å². The van der Waals surface area contributed by atoms with E-state index >= 15 is 0 Å². The summed E-state index contributed by atoms with van der Waals surface area (Å²) in [6, 6.07) is 6.01. The molecule has 7 nitrogen and oxygen atoms in total. The SMILES string of the molecule is CC(C)(CCc1ccc(OCC(N)=O)c(C2CCNCC2)c1)OC(N)=O. The molecule has 1 fully saturated rings. The van der Waals surface area contributed by atoms with E-state index in [9.17, 15) is 9.59 Å². The van der Waals surface area contributed by atoms with Crippen molar-refractivity contribution in [3.05, 3.63) is 29.3 Å². The van der Waals surface area contributed by atoms with Gasteiger partial charge in [-0.25, -0.2) is 4.79 Å². The Balaban J connectivity index is 2.14. The van der Waals surface area contributed by atoms with Crippen LogP contribution in [-0.2, 0) is 16.0 Å². The molecule has 1 aromatic carbocycles. The first-order chi connectivity index (χ1) is 12.3. The summed E-state index contributed by atoms with van der Waals surface area (Å²) in [5.74, 6) is 0.608. The van der Waals surface area contributed by atoms with Crippen LogP contribution in [0.5, 0.6) is 5.75 Å². The largest absolute Gasteiger partial charge is 0.483 e. The van der Waals surface area contributed by atoms with Gasteiger partial charge in [-0.15, -0.1) is 0 Å². The van der Waals surface area contributed by atoms with Gasteiger partial charge in [-0.2, -0.15) is 0 Å². The van der Waals surface area contributed by atoms with Gasteiger partial charge in [-0.3, -0.25) is 4.79 Å². The van der Waals surface area contributed by atoms with E-state index in [2.05, 4.69) is 11.4 Å². The number of carbonyl (C=O) groups excluding carboxylic acids is 2. The number of benzene rings is 1. The van der Waals surface area contributed by atoms with Gasteiger partial charge in [-0.05, 0) is 75.7 Å². The zero-order chi connectivity index (χ0) is 19.2. The fraction of sp³-hybridized carbons (Fsp3) is 0.579. The Labute approximate surface area is 154 Å². The average Bonchev–Trinajstić information content (AvgIpc) is 2.58. The van der Waals surface area contributed by atoms with Crippen molar-refractivity contribution in [1.82, 2.24) is 5.32 Å². The van der Waals surface area contributed by atoms with Crippen LogP contribution in [0.25, 0.3) is 0 Å². The quantitative estimate of drug-likeness (QED) is 0.651. The number of hydrogen-bond acceptors (Lipinski definition) is 5. The topological polar surface area (TPSA) is 117 Å². The molecule has 0 aliphatic carbocycles. The van der Waals surface area contributed by atoms with Crippen molar-refractivity contribution in [2.24, 2.45) is 11.5 Å². The number of rotatable bonds is 8. The lowest BCUT2D eigenvalue weighted by Gasteiger charge is -2.26. The van der Waals surface area contributed by atoms with E-state index in [1.165, 1.54) is 0 Å². The molecule has 2 rings (SSSR count). The number of carbonyl (C=O) groups is 2. The highest BCUT2D eigenvalue weighted by Gasteiger charge is 2.23. The van der Waals surface area contributed by atoms with Gasteiger partial charge in [0, 0.05) is 0 Å². The van der Waals surface area contributed by atoms with Gasteiger partial charge in [0.25, 0.3) is 5.91 Å². The van der Waals surface area contributed by atoms with Gasteiger partial charge in [0.05, 0.1) is 0 Å². The molecule has 0 aromatic heterocycles. The third-order valence-electron chi connectivity index (χ3n) is 4.62. The van der Waals surface area contributed by atoms with Crippen molar-refractivity contribution in [3.8, 4) is 5.75 Å². The lowest BCUT2D eigenvalue weighted by molar-refractivity contribution is -0.119. The molecular formula is C19H29N3O4. The van der Waals surface area contributed by atoms with Crippen LogP contribution in [0.3, 0.4) is 0 Å². The third kappa shape index (κ3) is 6.22. The molecule has 1 aliphatic rings. The first-order valence-electron chi connectivity index (χ1n) is 9.00. The number of hydrogen-bond donors (Lipinski definition) is 3. The molecule has 7 heteroatoms. The second-order valence-electron chi connectivity index (χ2n) is 7.33. The first kappa shape index (κ1) is 20.0. The van der Waals surface area contributed by atoms with Crippen LogP contribution < -0.4 is 21.5 Å². The number of nitrogens with one attached hydrogen (secondary N) is 1. The van der Waals surface area contributed by atoms with Crippen LogP contribution in [0.1, 0.15) is 50.2 Å². The summed E-state index contributed by atoms with van der Waals surface area (Å²) in [4.78, 5) is 22.1. The predicted octanol–water partition coefficient (Wildman–Crippen LogP) is 1.82. The summed E-state index contributed by atoms with van der Waals surface area (Å²) >= 11 is 0. The molecular weight excluding hydrogens is 334 g/mol. The summed E-state index contributed by atoms with van der Waals surface area (Å²) in [6.07, 6.45) is 2.68. The predicted molar refractivity (Wildman–Crippen MR) is 99.0 cm³/mol. The molecule has 0 atom stereocenters. The van der Waals surface area contributed by atoms with Crippen molar-refractivity contribution in [2.75, 3.05) is 19.7 Å². The Bertz CT molecular complexity index is 640. The maximum absolute atomic E-state index is 11.1. The van der Waals surface area contributed by atoms with Crippen molar-refractivity contribution >= 4 is 12.0 Å². The normalized spacial score (nSPS) is 15.5. The van der Waals surface area contributed by atoms with Gasteiger partial charge in [0.2, 0.25) is 0 Å². The van der Waals surface area contributed by atoms with Gasteiger partial charge in [0.15, 0.2) is 6.61 Å². The average molecular weight is 363 g/mol. The number of ether oxygens (including phenoxy) is 2. The molecule has 1 heterocycles. The summed E-state index contributed by atoms with van der Waals surface area (Å²) in [7, 11) is 0. The van der Waals surface area contributed by atoms with Gasteiger partial charge in [-0.1, -0.05) is 12.1 Å². The molecule has 1 aromatic rings. The minimum absolute atomic E-state index is 0.128. The molecule has 26 heavy (non-hydrogen) atoms. The summed E-state index contributed by atoms with van der Waals surface area (Å²) in [6.45, 7) is 5.48. The van der Waals surface area contributed by atoms with E-state index in [0.29, 0.717) is 18.1 Å². The third-order valence-corrected chi connectivity index (χ3v) is 4.62. The van der Waals surface area contributed by atoms with E-state index in [4.69, 9.17) is 20.9 Å². The number of primary amides is 2. The molecule has 0 saturated carbocycles. The van der Waals surface area contributed by atoms with E-state index in [1.807, 2.05) is 26.0 Å². The molecule has 0 unspecified atom stereocenters. The number of amides is 2. The lowest BCUT2D eigenvalue weighted by atomic mass is 9.87. The molecule has 0 bridgehead atoms. The van der Waals surface area contributed by atoms with E-state index in [0.717, 1.165) is 43.5 Å². The maximum Gasteiger partial charge on any atom is 0.405 e. The summed E-state index contributed by atoms with van der Waals surface area (Å²) in [5.41, 5.74) is 12.0. The fourth-order valence-corrected chi connectivity index (χ4v) is 3.25. The summed E-state index contributed by atoms with van der Waals surface area (Å²) < 4.78 is 10.8. The molecule has 2 amide bonds. The minimum Gasteiger partial charge on any atom is -0.483 e. The van der Waals surface area contributed by atoms with Crippen molar-refractivity contribution in [2.45, 2.75) is 51.0 Å². The van der Waals surface area contributed by atoms with Crippen LogP contribution in [0.2, 0.25) is 0 Å². The zero-order valence-corrected chi connectivity index (χ0v) is 15.5. The second-order valence-corrected chi connectivity index (χ2v) is 7.33. The van der Waals surface area contributed by atoms with Crippen LogP contribution in [0, 0.1) is 0 Å². The maximum atomic E-state index is 11.1. The van der Waals surface area contributed by atoms with Crippen molar-refractivity contribution < 1.29 is 19.1 Å².